The van der Waals surface area contributed by atoms with Crippen LogP contribution in [0.25, 0.3) is 0 Å². The van der Waals surface area contributed by atoms with Crippen molar-refractivity contribution in [2.24, 2.45) is 5.92 Å². The quantitative estimate of drug-likeness (QED) is 0.748. The van der Waals surface area contributed by atoms with Gasteiger partial charge in [0.05, 0.1) is 0 Å². The molecular weight excluding hydrogens is 254 g/mol. The third-order valence-corrected chi connectivity index (χ3v) is 2.73. The SMILES string of the molecule is CCNC(=O)c1cccc(NC(=O)NCCC(C)C)c1. The zero-order chi connectivity index (χ0) is 15.0. The smallest absolute Gasteiger partial charge is 0.319 e. The molecule has 5 nitrogen and oxygen atoms in total. The Morgan fingerprint density at radius 2 is 1.95 bits per heavy atom. The Balaban J connectivity index is 2.53. The first-order chi connectivity index (χ1) is 9.52. The summed E-state index contributed by atoms with van der Waals surface area (Å²) in [6.07, 6.45) is 0.937. The van der Waals surface area contributed by atoms with Gasteiger partial charge in [0.25, 0.3) is 5.91 Å². The summed E-state index contributed by atoms with van der Waals surface area (Å²) in [6.45, 7) is 7.29. The number of urea groups is 1. The number of benzene rings is 1. The second kappa shape index (κ2) is 8.19. The van der Waals surface area contributed by atoms with E-state index in [-0.39, 0.29) is 11.9 Å². The van der Waals surface area contributed by atoms with Crippen molar-refractivity contribution >= 4 is 17.6 Å². The van der Waals surface area contributed by atoms with E-state index in [0.29, 0.717) is 30.3 Å². The van der Waals surface area contributed by atoms with Crippen LogP contribution in [0.15, 0.2) is 24.3 Å². The normalized spacial score (nSPS) is 10.2. The number of amides is 3. The monoisotopic (exact) mass is 277 g/mol. The summed E-state index contributed by atoms with van der Waals surface area (Å²) in [6, 6.07) is 6.62. The summed E-state index contributed by atoms with van der Waals surface area (Å²) < 4.78 is 0. The first kappa shape index (κ1) is 16.0. The second-order valence-electron chi connectivity index (χ2n) is 5.00. The number of nitrogens with one attached hydrogen (secondary N) is 3. The minimum absolute atomic E-state index is 0.142. The van der Waals surface area contributed by atoms with Crippen LogP contribution in [0.4, 0.5) is 10.5 Å². The highest BCUT2D eigenvalue weighted by atomic mass is 16.2. The van der Waals surface area contributed by atoms with Gasteiger partial charge in [-0.15, -0.1) is 0 Å². The summed E-state index contributed by atoms with van der Waals surface area (Å²) in [5.74, 6) is 0.410. The van der Waals surface area contributed by atoms with E-state index in [1.165, 1.54) is 0 Å². The lowest BCUT2D eigenvalue weighted by Gasteiger charge is -2.10. The van der Waals surface area contributed by atoms with Crippen LogP contribution in [0.5, 0.6) is 0 Å². The van der Waals surface area contributed by atoms with Crippen LogP contribution in [0.2, 0.25) is 0 Å². The maximum atomic E-state index is 11.7. The third-order valence-electron chi connectivity index (χ3n) is 2.73. The highest BCUT2D eigenvalue weighted by Gasteiger charge is 2.06. The lowest BCUT2D eigenvalue weighted by atomic mass is 10.1. The molecule has 3 amide bonds. The molecule has 0 heterocycles. The lowest BCUT2D eigenvalue weighted by Crippen LogP contribution is -2.30. The maximum absolute atomic E-state index is 11.7. The fraction of sp³-hybridized carbons (Fsp3) is 0.467. The van der Waals surface area contributed by atoms with Crippen molar-refractivity contribution in [1.29, 1.82) is 0 Å². The molecule has 0 saturated heterocycles. The van der Waals surface area contributed by atoms with E-state index < -0.39 is 0 Å². The van der Waals surface area contributed by atoms with Crippen LogP contribution in [0.1, 0.15) is 37.6 Å². The van der Waals surface area contributed by atoms with Gasteiger partial charge in [-0.2, -0.15) is 0 Å². The van der Waals surface area contributed by atoms with Crippen molar-refractivity contribution in [2.75, 3.05) is 18.4 Å². The Morgan fingerprint density at radius 3 is 2.60 bits per heavy atom. The molecular formula is C15H23N3O2. The molecule has 0 radical (unpaired) electrons. The molecule has 110 valence electrons. The number of carbonyl (C=O) groups excluding carboxylic acids is 2. The molecule has 0 aliphatic carbocycles. The Hall–Kier alpha value is -2.04. The number of rotatable bonds is 6. The van der Waals surface area contributed by atoms with Crippen LogP contribution in [-0.2, 0) is 0 Å². The minimum Gasteiger partial charge on any atom is -0.352 e. The van der Waals surface area contributed by atoms with Crippen LogP contribution < -0.4 is 16.0 Å². The molecule has 0 unspecified atom stereocenters. The van der Waals surface area contributed by atoms with E-state index in [4.69, 9.17) is 0 Å². The van der Waals surface area contributed by atoms with E-state index >= 15 is 0 Å². The van der Waals surface area contributed by atoms with E-state index in [1.54, 1.807) is 24.3 Å². The van der Waals surface area contributed by atoms with Crippen molar-refractivity contribution in [2.45, 2.75) is 27.2 Å². The molecule has 5 heteroatoms. The molecule has 0 aliphatic rings. The predicted octanol–water partition coefficient (Wildman–Crippen LogP) is 2.60. The summed E-state index contributed by atoms with van der Waals surface area (Å²) in [4.78, 5) is 23.4. The van der Waals surface area contributed by atoms with Gasteiger partial charge in [-0.1, -0.05) is 19.9 Å². The summed E-state index contributed by atoms with van der Waals surface area (Å²) in [5.41, 5.74) is 1.14. The van der Waals surface area contributed by atoms with E-state index in [0.717, 1.165) is 6.42 Å². The van der Waals surface area contributed by atoms with Gasteiger partial charge in [-0.3, -0.25) is 4.79 Å². The zero-order valence-electron chi connectivity index (χ0n) is 12.3. The topological polar surface area (TPSA) is 70.2 Å². The molecule has 3 N–H and O–H groups in total. The molecule has 1 aromatic rings. The highest BCUT2D eigenvalue weighted by Crippen LogP contribution is 2.10. The molecule has 1 aromatic carbocycles. The highest BCUT2D eigenvalue weighted by molar-refractivity contribution is 5.96. The van der Waals surface area contributed by atoms with Gasteiger partial charge in [-0.05, 0) is 37.5 Å². The number of carbonyl (C=O) groups is 2. The largest absolute Gasteiger partial charge is 0.352 e. The van der Waals surface area contributed by atoms with Crippen molar-refractivity contribution in [3.63, 3.8) is 0 Å². The molecule has 20 heavy (non-hydrogen) atoms. The lowest BCUT2D eigenvalue weighted by molar-refractivity contribution is 0.0956. The van der Waals surface area contributed by atoms with Crippen molar-refractivity contribution in [3.8, 4) is 0 Å². The molecule has 0 atom stereocenters. The standard InChI is InChI=1S/C15H23N3O2/c1-4-16-14(19)12-6-5-7-13(10-12)18-15(20)17-9-8-11(2)3/h5-7,10-11H,4,8-9H2,1-3H3,(H,16,19)(H2,17,18,20). The van der Waals surface area contributed by atoms with Gasteiger partial charge in [0.15, 0.2) is 0 Å². The summed E-state index contributed by atoms with van der Waals surface area (Å²) in [7, 11) is 0. The minimum atomic E-state index is -0.251. The molecule has 0 aliphatic heterocycles. The maximum Gasteiger partial charge on any atom is 0.319 e. The van der Waals surface area contributed by atoms with Crippen molar-refractivity contribution in [3.05, 3.63) is 29.8 Å². The fourth-order valence-electron chi connectivity index (χ4n) is 1.65. The molecule has 0 aromatic heterocycles. The number of anilines is 1. The number of hydrogen-bond acceptors (Lipinski definition) is 2. The van der Waals surface area contributed by atoms with Crippen molar-refractivity contribution in [1.82, 2.24) is 10.6 Å². The van der Waals surface area contributed by atoms with Gasteiger partial charge in [0, 0.05) is 24.3 Å². The fourth-order valence-corrected chi connectivity index (χ4v) is 1.65. The Bertz CT molecular complexity index is 458. The molecule has 0 saturated carbocycles. The van der Waals surface area contributed by atoms with Crippen molar-refractivity contribution < 1.29 is 9.59 Å². The Kier molecular flexibility index (Phi) is 6.56. The van der Waals surface area contributed by atoms with Crippen LogP contribution >= 0.6 is 0 Å². The van der Waals surface area contributed by atoms with Gasteiger partial charge in [0.1, 0.15) is 0 Å². The van der Waals surface area contributed by atoms with Gasteiger partial charge < -0.3 is 16.0 Å². The molecule has 0 bridgehead atoms. The van der Waals surface area contributed by atoms with E-state index in [2.05, 4.69) is 29.8 Å². The number of hydrogen-bond donors (Lipinski definition) is 3. The molecule has 1 rings (SSSR count). The second-order valence-corrected chi connectivity index (χ2v) is 5.00. The third kappa shape index (κ3) is 5.73. The molecule has 0 fully saturated rings. The van der Waals surface area contributed by atoms with Gasteiger partial charge in [0.2, 0.25) is 0 Å². The first-order valence-corrected chi connectivity index (χ1v) is 6.96. The van der Waals surface area contributed by atoms with Crippen LogP contribution in [0, 0.1) is 5.92 Å². The zero-order valence-corrected chi connectivity index (χ0v) is 12.3. The average Bonchev–Trinajstić information content (AvgIpc) is 2.38. The summed E-state index contributed by atoms with van der Waals surface area (Å²) in [5, 5.41) is 8.23. The average molecular weight is 277 g/mol. The Labute approximate surface area is 120 Å². The predicted molar refractivity (Wildman–Crippen MR) is 80.9 cm³/mol. The van der Waals surface area contributed by atoms with Gasteiger partial charge in [-0.25, -0.2) is 4.79 Å². The Morgan fingerprint density at radius 1 is 1.20 bits per heavy atom. The summed E-state index contributed by atoms with van der Waals surface area (Å²) >= 11 is 0. The van der Waals surface area contributed by atoms with E-state index in [9.17, 15) is 9.59 Å². The van der Waals surface area contributed by atoms with Crippen LogP contribution in [0.3, 0.4) is 0 Å². The van der Waals surface area contributed by atoms with E-state index in [1.807, 2.05) is 6.92 Å². The van der Waals surface area contributed by atoms with Gasteiger partial charge >= 0.3 is 6.03 Å². The first-order valence-electron chi connectivity index (χ1n) is 6.96. The van der Waals surface area contributed by atoms with Crippen LogP contribution in [-0.4, -0.2) is 25.0 Å². The molecule has 0 spiro atoms.